The van der Waals surface area contributed by atoms with E-state index in [0.717, 1.165) is 10.0 Å². The number of hydrazone groups is 1. The number of amides is 2. The Morgan fingerprint density at radius 2 is 1.69 bits per heavy atom. The number of benzene rings is 3. The second-order valence-corrected chi connectivity index (χ2v) is 8.09. The summed E-state index contributed by atoms with van der Waals surface area (Å²) in [6, 6.07) is 22.0. The van der Waals surface area contributed by atoms with Crippen molar-refractivity contribution >= 4 is 51.2 Å². The van der Waals surface area contributed by atoms with E-state index >= 15 is 0 Å². The second-order valence-electron chi connectivity index (χ2n) is 6.77. The molecule has 0 atom stereocenters. The number of nitrogens with zero attached hydrogens (tertiary/aromatic N) is 1. The summed E-state index contributed by atoms with van der Waals surface area (Å²) < 4.78 is 6.73. The van der Waals surface area contributed by atoms with Gasteiger partial charge >= 0.3 is 0 Å². The zero-order valence-electron chi connectivity index (χ0n) is 17.1. The number of nitrogens with one attached hydrogen (secondary N) is 2. The Morgan fingerprint density at radius 1 is 0.969 bits per heavy atom. The van der Waals surface area contributed by atoms with Crippen molar-refractivity contribution in [1.29, 1.82) is 0 Å². The van der Waals surface area contributed by atoms with Crippen molar-refractivity contribution in [3.8, 4) is 5.75 Å². The number of para-hydroxylation sites is 1. The first-order valence-corrected chi connectivity index (χ1v) is 11.0. The van der Waals surface area contributed by atoms with Gasteiger partial charge < -0.3 is 10.1 Å². The SMILES string of the molecule is O=C(CCC(=O)Nc1ccccc1)NN=Cc1cc(Br)ccc1OCc1ccccc1Cl. The highest BCUT2D eigenvalue weighted by Crippen LogP contribution is 2.24. The smallest absolute Gasteiger partial charge is 0.240 e. The molecule has 2 N–H and O–H groups in total. The van der Waals surface area contributed by atoms with Crippen LogP contribution in [0.4, 0.5) is 5.69 Å². The van der Waals surface area contributed by atoms with Gasteiger partial charge in [-0.2, -0.15) is 5.10 Å². The standard InChI is InChI=1S/C24H21BrClN3O3/c25-19-10-11-22(32-16-17-6-4-5-9-21(17)26)18(14-19)15-27-29-24(31)13-12-23(30)28-20-7-2-1-3-8-20/h1-11,14-15H,12-13,16H2,(H,28,30)(H,29,31). The monoisotopic (exact) mass is 513 g/mol. The number of hydrogen-bond donors (Lipinski definition) is 2. The maximum Gasteiger partial charge on any atom is 0.240 e. The summed E-state index contributed by atoms with van der Waals surface area (Å²) in [6.07, 6.45) is 1.57. The normalized spacial score (nSPS) is 10.7. The highest BCUT2D eigenvalue weighted by Gasteiger charge is 2.08. The van der Waals surface area contributed by atoms with Gasteiger partial charge in [-0.1, -0.05) is 63.9 Å². The van der Waals surface area contributed by atoms with Gasteiger partial charge in [0.05, 0.1) is 6.21 Å². The van der Waals surface area contributed by atoms with Gasteiger partial charge in [0.2, 0.25) is 11.8 Å². The van der Waals surface area contributed by atoms with Crippen LogP contribution in [-0.4, -0.2) is 18.0 Å². The zero-order chi connectivity index (χ0) is 22.8. The van der Waals surface area contributed by atoms with Gasteiger partial charge in [0.1, 0.15) is 12.4 Å². The molecule has 0 aliphatic carbocycles. The number of halogens is 2. The van der Waals surface area contributed by atoms with E-state index in [-0.39, 0.29) is 24.7 Å². The molecule has 164 valence electrons. The summed E-state index contributed by atoms with van der Waals surface area (Å²) in [7, 11) is 0. The van der Waals surface area contributed by atoms with Crippen molar-refractivity contribution in [2.75, 3.05) is 5.32 Å². The van der Waals surface area contributed by atoms with Crippen LogP contribution in [0.25, 0.3) is 0 Å². The van der Waals surface area contributed by atoms with E-state index in [1.807, 2.05) is 48.5 Å². The number of ether oxygens (including phenoxy) is 1. The minimum atomic E-state index is -0.363. The quantitative estimate of drug-likeness (QED) is 0.290. The molecule has 0 saturated heterocycles. The number of carbonyl (C=O) groups is 2. The van der Waals surface area contributed by atoms with E-state index in [1.54, 1.807) is 24.3 Å². The molecule has 0 saturated carbocycles. The molecule has 32 heavy (non-hydrogen) atoms. The fourth-order valence-corrected chi connectivity index (χ4v) is 3.29. The lowest BCUT2D eigenvalue weighted by Crippen LogP contribution is -2.20. The lowest BCUT2D eigenvalue weighted by atomic mass is 10.2. The van der Waals surface area contributed by atoms with Gasteiger partial charge in [-0.15, -0.1) is 0 Å². The topological polar surface area (TPSA) is 79.8 Å². The maximum absolute atomic E-state index is 12.0. The van der Waals surface area contributed by atoms with Crippen LogP contribution in [0, 0.1) is 0 Å². The average molecular weight is 515 g/mol. The van der Waals surface area contributed by atoms with Crippen LogP contribution < -0.4 is 15.5 Å². The lowest BCUT2D eigenvalue weighted by Gasteiger charge is -2.10. The summed E-state index contributed by atoms with van der Waals surface area (Å²) in [5.41, 5.74) is 4.67. The number of carbonyl (C=O) groups excluding carboxylic acids is 2. The van der Waals surface area contributed by atoms with Gasteiger partial charge in [-0.25, -0.2) is 5.43 Å². The number of hydrogen-bond acceptors (Lipinski definition) is 4. The van der Waals surface area contributed by atoms with Crippen molar-refractivity contribution in [2.45, 2.75) is 19.4 Å². The molecule has 0 aliphatic heterocycles. The van der Waals surface area contributed by atoms with Crippen LogP contribution in [0.1, 0.15) is 24.0 Å². The molecule has 0 bridgehead atoms. The summed E-state index contributed by atoms with van der Waals surface area (Å²) in [5, 5.41) is 7.36. The molecule has 0 radical (unpaired) electrons. The van der Waals surface area contributed by atoms with Gasteiger partial charge in [-0.3, -0.25) is 9.59 Å². The fraction of sp³-hybridized carbons (Fsp3) is 0.125. The zero-order valence-corrected chi connectivity index (χ0v) is 19.4. The van der Waals surface area contributed by atoms with Crippen molar-refractivity contribution in [3.05, 3.63) is 93.4 Å². The lowest BCUT2D eigenvalue weighted by molar-refractivity contribution is -0.124. The van der Waals surface area contributed by atoms with E-state index < -0.39 is 0 Å². The van der Waals surface area contributed by atoms with Crippen molar-refractivity contribution in [2.24, 2.45) is 5.10 Å². The van der Waals surface area contributed by atoms with Crippen molar-refractivity contribution in [1.82, 2.24) is 5.43 Å². The summed E-state index contributed by atoms with van der Waals surface area (Å²) in [5.74, 6) is -0.0102. The average Bonchev–Trinajstić information content (AvgIpc) is 2.79. The first-order valence-electron chi connectivity index (χ1n) is 9.84. The molecule has 3 rings (SSSR count). The van der Waals surface area contributed by atoms with Crippen molar-refractivity contribution < 1.29 is 14.3 Å². The summed E-state index contributed by atoms with van der Waals surface area (Å²) in [6.45, 7) is 0.297. The second kappa shape index (κ2) is 12.0. The number of anilines is 1. The Hall–Kier alpha value is -3.16. The van der Waals surface area contributed by atoms with Gasteiger partial charge in [-0.05, 0) is 36.4 Å². The van der Waals surface area contributed by atoms with Gasteiger partial charge in [0.15, 0.2) is 0 Å². The minimum Gasteiger partial charge on any atom is -0.488 e. The minimum absolute atomic E-state index is 0.0182. The predicted molar refractivity (Wildman–Crippen MR) is 130 cm³/mol. The molecule has 2 amide bonds. The van der Waals surface area contributed by atoms with Gasteiger partial charge in [0, 0.05) is 39.2 Å². The fourth-order valence-electron chi connectivity index (χ4n) is 2.72. The molecule has 3 aromatic rings. The molecular formula is C24H21BrClN3O3. The molecule has 0 heterocycles. The van der Waals surface area contributed by atoms with Crippen molar-refractivity contribution in [3.63, 3.8) is 0 Å². The van der Waals surface area contributed by atoms with E-state index in [2.05, 4.69) is 31.8 Å². The molecule has 8 heteroatoms. The highest BCUT2D eigenvalue weighted by atomic mass is 79.9. The maximum atomic E-state index is 12.0. The number of rotatable bonds is 9. The largest absolute Gasteiger partial charge is 0.488 e. The van der Waals surface area contributed by atoms with E-state index in [4.69, 9.17) is 16.3 Å². The Morgan fingerprint density at radius 3 is 2.47 bits per heavy atom. The molecule has 0 spiro atoms. The van der Waals surface area contributed by atoms with Crippen LogP contribution >= 0.6 is 27.5 Å². The first-order chi connectivity index (χ1) is 15.5. The van der Waals surface area contributed by atoms with E-state index in [0.29, 0.717) is 28.6 Å². The predicted octanol–water partition coefficient (Wildman–Crippen LogP) is 5.55. The van der Waals surface area contributed by atoms with E-state index in [9.17, 15) is 9.59 Å². The first kappa shape index (κ1) is 23.5. The molecule has 0 fully saturated rings. The molecule has 3 aromatic carbocycles. The molecule has 0 aromatic heterocycles. The Kier molecular flexibility index (Phi) is 8.83. The van der Waals surface area contributed by atoms with Crippen LogP contribution in [0.15, 0.2) is 82.4 Å². The van der Waals surface area contributed by atoms with Crippen LogP contribution in [0.3, 0.4) is 0 Å². The third-order valence-electron chi connectivity index (χ3n) is 4.34. The summed E-state index contributed by atoms with van der Waals surface area (Å²) in [4.78, 5) is 24.0. The van der Waals surface area contributed by atoms with Crippen LogP contribution in [0.2, 0.25) is 5.02 Å². The molecule has 6 nitrogen and oxygen atoms in total. The van der Waals surface area contributed by atoms with Crippen LogP contribution in [-0.2, 0) is 16.2 Å². The molecule has 0 unspecified atom stereocenters. The summed E-state index contributed by atoms with van der Waals surface area (Å²) >= 11 is 9.60. The van der Waals surface area contributed by atoms with E-state index in [1.165, 1.54) is 6.21 Å². The highest BCUT2D eigenvalue weighted by molar-refractivity contribution is 9.10. The third-order valence-corrected chi connectivity index (χ3v) is 5.20. The molecule has 0 aliphatic rings. The van der Waals surface area contributed by atoms with Gasteiger partial charge in [0.25, 0.3) is 0 Å². The van der Waals surface area contributed by atoms with Crippen LogP contribution in [0.5, 0.6) is 5.75 Å². The Labute approximate surface area is 199 Å². The Balaban J connectivity index is 1.51. The third kappa shape index (κ3) is 7.51. The Bertz CT molecular complexity index is 1110. The molecular weight excluding hydrogens is 494 g/mol.